The fraction of sp³-hybridized carbons (Fsp3) is 0.444. The molecular weight excluding hydrogens is 544 g/mol. The first kappa shape index (κ1) is 37.7. The van der Waals surface area contributed by atoms with Gasteiger partial charge in [-0.2, -0.15) is 0 Å². The highest BCUT2D eigenvalue weighted by molar-refractivity contribution is 5.22. The molecule has 238 valence electrons. The number of aliphatic hydroxyl groups excluding tert-OH is 1. The molecule has 5 rings (SSSR count). The van der Waals surface area contributed by atoms with Crippen LogP contribution in [0.2, 0.25) is 0 Å². The summed E-state index contributed by atoms with van der Waals surface area (Å²) < 4.78 is 31.2. The summed E-state index contributed by atoms with van der Waals surface area (Å²) in [6.45, 7) is 16.0. The third-order valence-electron chi connectivity index (χ3n) is 4.89. The van der Waals surface area contributed by atoms with Gasteiger partial charge in [-0.05, 0) is 36.4 Å². The lowest BCUT2D eigenvalue weighted by Gasteiger charge is -2.11. The van der Waals surface area contributed by atoms with Gasteiger partial charge < -0.3 is 33.5 Å². The Hall–Kier alpha value is -3.36. The van der Waals surface area contributed by atoms with Crippen molar-refractivity contribution in [1.29, 1.82) is 0 Å². The molecule has 0 amide bonds. The largest absolute Gasteiger partial charge is 0.491 e. The fourth-order valence-electron chi connectivity index (χ4n) is 2.78. The maximum absolute atomic E-state index is 9.45. The van der Waals surface area contributed by atoms with Gasteiger partial charge in [-0.15, -0.1) is 6.58 Å². The van der Waals surface area contributed by atoms with Crippen molar-refractivity contribution in [2.45, 2.75) is 58.8 Å². The van der Waals surface area contributed by atoms with Crippen LogP contribution in [0.3, 0.4) is 0 Å². The SMILES string of the molecule is C=CCOCC(O)COc1ccccc1.CCC.CCC.c1ccc(OCC2CO2)cc1.c1ccc(OCC2CO2)cc1. The van der Waals surface area contributed by atoms with Gasteiger partial charge in [0.2, 0.25) is 0 Å². The Morgan fingerprint density at radius 2 is 1.02 bits per heavy atom. The second kappa shape index (κ2) is 26.3. The quantitative estimate of drug-likeness (QED) is 0.125. The van der Waals surface area contributed by atoms with Gasteiger partial charge in [0.15, 0.2) is 0 Å². The van der Waals surface area contributed by atoms with E-state index in [1.165, 1.54) is 12.8 Å². The smallest absolute Gasteiger partial charge is 0.119 e. The minimum atomic E-state index is -0.606. The first-order valence-corrected chi connectivity index (χ1v) is 15.2. The molecule has 2 aliphatic rings. The van der Waals surface area contributed by atoms with Crippen molar-refractivity contribution in [3.63, 3.8) is 0 Å². The molecule has 7 nitrogen and oxygen atoms in total. The molecule has 0 radical (unpaired) electrons. The van der Waals surface area contributed by atoms with Crippen LogP contribution >= 0.6 is 0 Å². The molecule has 2 fully saturated rings. The molecule has 3 atom stereocenters. The zero-order chi connectivity index (χ0) is 31.4. The average molecular weight is 597 g/mol. The number of ether oxygens (including phenoxy) is 6. The van der Waals surface area contributed by atoms with Crippen LogP contribution in [0.5, 0.6) is 17.2 Å². The topological polar surface area (TPSA) is 82.2 Å². The molecule has 7 heteroatoms. The number of epoxide rings is 2. The van der Waals surface area contributed by atoms with Crippen LogP contribution in [-0.2, 0) is 14.2 Å². The molecular formula is C36H52O7. The van der Waals surface area contributed by atoms with Crippen LogP contribution in [0.1, 0.15) is 40.5 Å². The molecule has 2 aliphatic heterocycles. The summed E-state index contributed by atoms with van der Waals surface area (Å²) in [5, 5.41) is 9.45. The van der Waals surface area contributed by atoms with Gasteiger partial charge in [0, 0.05) is 0 Å². The molecule has 0 spiro atoms. The number of aliphatic hydroxyl groups is 1. The van der Waals surface area contributed by atoms with E-state index in [1.807, 2.05) is 91.0 Å². The number of para-hydroxylation sites is 3. The maximum atomic E-state index is 9.45. The van der Waals surface area contributed by atoms with Crippen LogP contribution in [0.25, 0.3) is 0 Å². The van der Waals surface area contributed by atoms with Crippen LogP contribution in [0, 0.1) is 0 Å². The maximum Gasteiger partial charge on any atom is 0.119 e. The second-order valence-electron chi connectivity index (χ2n) is 9.68. The van der Waals surface area contributed by atoms with Gasteiger partial charge in [0.05, 0.1) is 26.4 Å². The molecule has 2 heterocycles. The molecule has 3 unspecified atom stereocenters. The van der Waals surface area contributed by atoms with Crippen LogP contribution in [-0.4, -0.2) is 69.7 Å². The van der Waals surface area contributed by atoms with Crippen molar-refractivity contribution in [1.82, 2.24) is 0 Å². The zero-order valence-corrected chi connectivity index (χ0v) is 26.4. The highest BCUT2D eigenvalue weighted by Gasteiger charge is 2.23. The van der Waals surface area contributed by atoms with E-state index < -0.39 is 6.10 Å². The zero-order valence-electron chi connectivity index (χ0n) is 26.4. The van der Waals surface area contributed by atoms with Crippen LogP contribution in [0.15, 0.2) is 104 Å². The molecule has 0 aromatic heterocycles. The summed E-state index contributed by atoms with van der Waals surface area (Å²) in [7, 11) is 0. The summed E-state index contributed by atoms with van der Waals surface area (Å²) >= 11 is 0. The molecule has 2 saturated heterocycles. The predicted octanol–water partition coefficient (Wildman–Crippen LogP) is 7.39. The van der Waals surface area contributed by atoms with Crippen molar-refractivity contribution in [2.24, 2.45) is 0 Å². The molecule has 3 aromatic carbocycles. The van der Waals surface area contributed by atoms with Gasteiger partial charge >= 0.3 is 0 Å². The van der Waals surface area contributed by atoms with Crippen molar-refractivity contribution in [3.05, 3.63) is 104 Å². The van der Waals surface area contributed by atoms with Gasteiger partial charge in [0.25, 0.3) is 0 Å². The van der Waals surface area contributed by atoms with Gasteiger partial charge in [0.1, 0.15) is 55.4 Å². The molecule has 0 aliphatic carbocycles. The summed E-state index contributed by atoms with van der Waals surface area (Å²) in [5.41, 5.74) is 0. The third-order valence-corrected chi connectivity index (χ3v) is 4.89. The molecule has 0 bridgehead atoms. The average Bonchev–Trinajstić information content (AvgIpc) is 3.97. The Kier molecular flexibility index (Phi) is 23.0. The van der Waals surface area contributed by atoms with Crippen molar-refractivity contribution < 1.29 is 33.5 Å². The first-order valence-electron chi connectivity index (χ1n) is 15.2. The number of rotatable bonds is 13. The van der Waals surface area contributed by atoms with Crippen LogP contribution < -0.4 is 14.2 Å². The van der Waals surface area contributed by atoms with Gasteiger partial charge in [-0.3, -0.25) is 0 Å². The Bertz CT molecular complexity index is 940. The summed E-state index contributed by atoms with van der Waals surface area (Å²) in [6.07, 6.45) is 4.22. The minimum Gasteiger partial charge on any atom is -0.491 e. The van der Waals surface area contributed by atoms with Crippen molar-refractivity contribution in [3.8, 4) is 17.2 Å². The Morgan fingerprint density at radius 3 is 1.35 bits per heavy atom. The van der Waals surface area contributed by atoms with Crippen molar-refractivity contribution >= 4 is 0 Å². The normalized spacial score (nSPS) is 15.9. The lowest BCUT2D eigenvalue weighted by molar-refractivity contribution is 0.0214. The highest BCUT2D eigenvalue weighted by Crippen LogP contribution is 2.14. The number of hydrogen-bond donors (Lipinski definition) is 1. The Morgan fingerprint density at radius 1 is 0.674 bits per heavy atom. The Labute approximate surface area is 259 Å². The van der Waals surface area contributed by atoms with E-state index in [2.05, 4.69) is 34.3 Å². The fourth-order valence-corrected chi connectivity index (χ4v) is 2.78. The highest BCUT2D eigenvalue weighted by atomic mass is 16.6. The van der Waals surface area contributed by atoms with E-state index in [4.69, 9.17) is 28.4 Å². The van der Waals surface area contributed by atoms with Crippen molar-refractivity contribution in [2.75, 3.05) is 46.2 Å². The standard InChI is InChI=1S/C12H16O3.2C9H10O2.2C3H8/c1-2-8-14-9-11(13)10-15-12-6-4-3-5-7-12;2*1-2-4-8(5-3-1)10-6-9-7-11-9;2*1-3-2/h2-7,11,13H,1,8-10H2;2*1-5,9H,6-7H2;2*3H2,1-2H3. The van der Waals surface area contributed by atoms with Crippen LogP contribution in [0.4, 0.5) is 0 Å². The first-order chi connectivity index (χ1) is 21.1. The predicted molar refractivity (Wildman–Crippen MR) is 174 cm³/mol. The molecule has 3 aromatic rings. The molecule has 1 N–H and O–H groups in total. The second-order valence-corrected chi connectivity index (χ2v) is 9.68. The summed E-state index contributed by atoms with van der Waals surface area (Å²) in [4.78, 5) is 0. The minimum absolute atomic E-state index is 0.237. The lowest BCUT2D eigenvalue weighted by atomic mass is 10.3. The van der Waals surface area contributed by atoms with E-state index >= 15 is 0 Å². The van der Waals surface area contributed by atoms with E-state index in [1.54, 1.807) is 6.08 Å². The Balaban J connectivity index is 0.000000298. The van der Waals surface area contributed by atoms with E-state index in [0.29, 0.717) is 32.0 Å². The van der Waals surface area contributed by atoms with E-state index in [-0.39, 0.29) is 13.2 Å². The number of benzene rings is 3. The van der Waals surface area contributed by atoms with Gasteiger partial charge in [-0.1, -0.05) is 101 Å². The summed E-state index contributed by atoms with van der Waals surface area (Å²) in [6, 6.07) is 29.0. The van der Waals surface area contributed by atoms with E-state index in [0.717, 1.165) is 30.5 Å². The third kappa shape index (κ3) is 23.8. The van der Waals surface area contributed by atoms with Gasteiger partial charge in [-0.25, -0.2) is 0 Å². The molecule has 0 saturated carbocycles. The van der Waals surface area contributed by atoms with E-state index in [9.17, 15) is 5.11 Å². The number of hydrogen-bond acceptors (Lipinski definition) is 7. The summed E-state index contributed by atoms with van der Waals surface area (Å²) in [5.74, 6) is 2.59. The monoisotopic (exact) mass is 596 g/mol. The molecule has 43 heavy (non-hydrogen) atoms. The lowest BCUT2D eigenvalue weighted by Crippen LogP contribution is -2.23.